The van der Waals surface area contributed by atoms with Gasteiger partial charge >= 0.3 is 0 Å². The van der Waals surface area contributed by atoms with Crippen molar-refractivity contribution in [2.45, 2.75) is 115 Å². The molecule has 1 rings (SSSR count). The second-order valence-electron chi connectivity index (χ2n) is 7.69. The molecule has 0 saturated carbocycles. The molecule has 1 heterocycles. The number of aliphatic hydroxyl groups excluding tert-OH is 3. The Bertz CT molecular complexity index is 313. The summed E-state index contributed by atoms with van der Waals surface area (Å²) in [5, 5.41) is 28.6. The molecule has 0 aromatic rings. The predicted octanol–water partition coefficient (Wildman–Crippen LogP) is 3.58. The number of ether oxygens (including phenoxy) is 2. The van der Waals surface area contributed by atoms with E-state index in [9.17, 15) is 10.2 Å². The van der Waals surface area contributed by atoms with Crippen molar-refractivity contribution < 1.29 is 24.8 Å². The molecule has 26 heavy (non-hydrogen) atoms. The summed E-state index contributed by atoms with van der Waals surface area (Å²) in [6.45, 7) is 2.61. The number of rotatable bonds is 17. The second kappa shape index (κ2) is 15.8. The molecule has 0 aromatic carbocycles. The second-order valence-corrected chi connectivity index (χ2v) is 7.69. The summed E-state index contributed by atoms with van der Waals surface area (Å²) in [5.74, 6) is 0. The van der Waals surface area contributed by atoms with Gasteiger partial charge in [-0.15, -0.1) is 0 Å². The fourth-order valence-electron chi connectivity index (χ4n) is 3.60. The van der Waals surface area contributed by atoms with Gasteiger partial charge in [0, 0.05) is 6.61 Å². The van der Waals surface area contributed by atoms with Crippen LogP contribution < -0.4 is 0 Å². The quantitative estimate of drug-likeness (QED) is 0.339. The molecule has 0 unspecified atom stereocenters. The Hall–Kier alpha value is -0.200. The SMILES string of the molecule is CCCCCCCCCCCCCCCO[C@@H]1[C@H]([C@H](O)CO)OC[C@@H]1O. The fourth-order valence-corrected chi connectivity index (χ4v) is 3.60. The van der Waals surface area contributed by atoms with Crippen LogP contribution in [0.2, 0.25) is 0 Å². The van der Waals surface area contributed by atoms with Crippen molar-refractivity contribution in [2.75, 3.05) is 19.8 Å². The lowest BCUT2D eigenvalue weighted by molar-refractivity contribution is -0.0938. The molecule has 5 heteroatoms. The van der Waals surface area contributed by atoms with Crippen molar-refractivity contribution in [3.05, 3.63) is 0 Å². The summed E-state index contributed by atoms with van der Waals surface area (Å²) in [6, 6.07) is 0. The number of aliphatic hydroxyl groups is 3. The third-order valence-corrected chi connectivity index (χ3v) is 5.29. The molecule has 1 fully saturated rings. The minimum atomic E-state index is -0.996. The summed E-state index contributed by atoms with van der Waals surface area (Å²) in [4.78, 5) is 0. The van der Waals surface area contributed by atoms with Gasteiger partial charge in [0.1, 0.15) is 24.4 Å². The molecule has 0 spiro atoms. The van der Waals surface area contributed by atoms with Gasteiger partial charge in [-0.3, -0.25) is 0 Å². The molecule has 4 atom stereocenters. The summed E-state index contributed by atoms with van der Waals surface area (Å²) < 4.78 is 11.0. The summed E-state index contributed by atoms with van der Waals surface area (Å²) in [7, 11) is 0. The van der Waals surface area contributed by atoms with Crippen molar-refractivity contribution in [1.82, 2.24) is 0 Å². The highest BCUT2D eigenvalue weighted by Crippen LogP contribution is 2.21. The first-order valence-corrected chi connectivity index (χ1v) is 10.9. The lowest BCUT2D eigenvalue weighted by Gasteiger charge is -2.23. The van der Waals surface area contributed by atoms with E-state index in [-0.39, 0.29) is 13.2 Å². The van der Waals surface area contributed by atoms with Gasteiger partial charge in [0.25, 0.3) is 0 Å². The molecule has 3 N–H and O–H groups in total. The van der Waals surface area contributed by atoms with E-state index in [1.165, 1.54) is 70.6 Å². The topological polar surface area (TPSA) is 79.2 Å². The maximum Gasteiger partial charge on any atom is 0.114 e. The van der Waals surface area contributed by atoms with E-state index in [0.717, 1.165) is 12.8 Å². The molecular formula is C21H42O5. The molecule has 1 aliphatic heterocycles. The van der Waals surface area contributed by atoms with Gasteiger partial charge in [-0.1, -0.05) is 84.0 Å². The zero-order valence-corrected chi connectivity index (χ0v) is 16.8. The van der Waals surface area contributed by atoms with E-state index in [4.69, 9.17) is 14.6 Å². The van der Waals surface area contributed by atoms with E-state index in [0.29, 0.717) is 6.61 Å². The van der Waals surface area contributed by atoms with Gasteiger partial charge in [-0.05, 0) is 6.42 Å². The Labute approximate surface area is 160 Å². The van der Waals surface area contributed by atoms with Crippen LogP contribution in [0.1, 0.15) is 90.4 Å². The highest BCUT2D eigenvalue weighted by atomic mass is 16.6. The van der Waals surface area contributed by atoms with Gasteiger partial charge in [0.05, 0.1) is 13.2 Å². The molecule has 0 aliphatic carbocycles. The van der Waals surface area contributed by atoms with Crippen LogP contribution in [-0.4, -0.2) is 59.6 Å². The van der Waals surface area contributed by atoms with Crippen molar-refractivity contribution in [2.24, 2.45) is 0 Å². The normalized spacial score (nSPS) is 24.2. The van der Waals surface area contributed by atoms with Gasteiger partial charge in [0.2, 0.25) is 0 Å². The minimum absolute atomic E-state index is 0.158. The van der Waals surface area contributed by atoms with E-state index >= 15 is 0 Å². The fraction of sp³-hybridized carbons (Fsp3) is 1.00. The third-order valence-electron chi connectivity index (χ3n) is 5.29. The molecular weight excluding hydrogens is 332 g/mol. The third kappa shape index (κ3) is 10.2. The van der Waals surface area contributed by atoms with E-state index in [1.54, 1.807) is 0 Å². The Morgan fingerprint density at radius 3 is 1.88 bits per heavy atom. The van der Waals surface area contributed by atoms with Gasteiger partial charge in [-0.25, -0.2) is 0 Å². The van der Waals surface area contributed by atoms with Crippen molar-refractivity contribution in [3.8, 4) is 0 Å². The number of unbranched alkanes of at least 4 members (excludes halogenated alkanes) is 12. The summed E-state index contributed by atoms with van der Waals surface area (Å²) >= 11 is 0. The smallest absolute Gasteiger partial charge is 0.114 e. The maximum absolute atomic E-state index is 9.86. The van der Waals surface area contributed by atoms with Gasteiger partial charge in [0.15, 0.2) is 0 Å². The molecule has 0 aromatic heterocycles. The zero-order chi connectivity index (χ0) is 19.0. The molecule has 5 nitrogen and oxygen atoms in total. The zero-order valence-electron chi connectivity index (χ0n) is 16.8. The molecule has 0 radical (unpaired) electrons. The molecule has 0 amide bonds. The Kier molecular flexibility index (Phi) is 14.5. The Balaban J connectivity index is 1.88. The Morgan fingerprint density at radius 1 is 0.885 bits per heavy atom. The highest BCUT2D eigenvalue weighted by Gasteiger charge is 2.40. The largest absolute Gasteiger partial charge is 0.394 e. The van der Waals surface area contributed by atoms with Crippen LogP contribution >= 0.6 is 0 Å². The van der Waals surface area contributed by atoms with Crippen LogP contribution in [0.25, 0.3) is 0 Å². The first kappa shape index (κ1) is 23.8. The van der Waals surface area contributed by atoms with E-state index < -0.39 is 24.4 Å². The van der Waals surface area contributed by atoms with Crippen LogP contribution in [0.15, 0.2) is 0 Å². The minimum Gasteiger partial charge on any atom is -0.394 e. The lowest BCUT2D eigenvalue weighted by Crippen LogP contribution is -2.42. The van der Waals surface area contributed by atoms with Crippen LogP contribution in [0.3, 0.4) is 0 Å². The van der Waals surface area contributed by atoms with Gasteiger partial charge in [-0.2, -0.15) is 0 Å². The highest BCUT2D eigenvalue weighted by molar-refractivity contribution is 4.89. The summed E-state index contributed by atoms with van der Waals surface area (Å²) in [6.07, 6.45) is 14.1. The number of hydrogen-bond acceptors (Lipinski definition) is 5. The van der Waals surface area contributed by atoms with Crippen molar-refractivity contribution in [3.63, 3.8) is 0 Å². The molecule has 0 bridgehead atoms. The van der Waals surface area contributed by atoms with Crippen LogP contribution in [0.5, 0.6) is 0 Å². The standard InChI is InChI=1S/C21H42O5/c1-2-3-4-5-6-7-8-9-10-11-12-13-14-15-25-21-19(24)17-26-20(21)18(23)16-22/h18-24H,2-17H2,1H3/t18-,19+,20+,21+/m1/s1. The monoisotopic (exact) mass is 374 g/mol. The predicted molar refractivity (Wildman–Crippen MR) is 104 cm³/mol. The van der Waals surface area contributed by atoms with E-state index in [2.05, 4.69) is 6.92 Å². The molecule has 1 aliphatic rings. The molecule has 1 saturated heterocycles. The van der Waals surface area contributed by atoms with Crippen LogP contribution in [0, 0.1) is 0 Å². The molecule has 156 valence electrons. The lowest BCUT2D eigenvalue weighted by atomic mass is 10.0. The van der Waals surface area contributed by atoms with Crippen molar-refractivity contribution >= 4 is 0 Å². The van der Waals surface area contributed by atoms with Crippen LogP contribution in [-0.2, 0) is 9.47 Å². The Morgan fingerprint density at radius 2 is 1.38 bits per heavy atom. The summed E-state index contributed by atoms with van der Waals surface area (Å²) in [5.41, 5.74) is 0. The first-order valence-electron chi connectivity index (χ1n) is 10.9. The maximum atomic E-state index is 9.86. The van der Waals surface area contributed by atoms with Crippen LogP contribution in [0.4, 0.5) is 0 Å². The van der Waals surface area contributed by atoms with E-state index in [1.807, 2.05) is 0 Å². The first-order chi connectivity index (χ1) is 12.7. The number of hydrogen-bond donors (Lipinski definition) is 3. The average Bonchev–Trinajstić information content (AvgIpc) is 3.02. The van der Waals surface area contributed by atoms with Gasteiger partial charge < -0.3 is 24.8 Å². The average molecular weight is 375 g/mol. The van der Waals surface area contributed by atoms with Crippen molar-refractivity contribution in [1.29, 1.82) is 0 Å².